The number of nitrogens with one attached hydrogen (secondary N) is 1. The van der Waals surface area contributed by atoms with Gasteiger partial charge in [-0.05, 0) is 18.2 Å². The molecule has 0 aliphatic carbocycles. The molecular weight excluding hydrogens is 272 g/mol. The predicted octanol–water partition coefficient (Wildman–Crippen LogP) is 4.53. The van der Waals surface area contributed by atoms with Gasteiger partial charge in [-0.2, -0.15) is 0 Å². The molecule has 0 saturated heterocycles. The molecule has 2 aromatic heterocycles. The van der Waals surface area contributed by atoms with E-state index in [2.05, 4.69) is 16.0 Å². The van der Waals surface area contributed by atoms with Gasteiger partial charge in [-0.25, -0.2) is 4.98 Å². The molecule has 2 aromatic carbocycles. The second kappa shape index (κ2) is 4.12. The van der Waals surface area contributed by atoms with Crippen molar-refractivity contribution < 1.29 is 4.74 Å². The molecule has 1 N–H and O–H groups in total. The molecule has 0 amide bonds. The fourth-order valence-corrected chi connectivity index (χ4v) is 2.88. The van der Waals surface area contributed by atoms with Gasteiger partial charge in [0.2, 0.25) is 0 Å². The van der Waals surface area contributed by atoms with E-state index in [-0.39, 0.29) is 0 Å². The molecule has 4 heteroatoms. The highest BCUT2D eigenvalue weighted by Crippen LogP contribution is 2.34. The molecule has 0 atom stereocenters. The van der Waals surface area contributed by atoms with Crippen LogP contribution in [0.15, 0.2) is 42.5 Å². The first-order chi connectivity index (χ1) is 9.78. The van der Waals surface area contributed by atoms with E-state index in [0.29, 0.717) is 5.15 Å². The normalized spacial score (nSPS) is 11.5. The summed E-state index contributed by atoms with van der Waals surface area (Å²) in [5.74, 6) is 0.810. The number of fused-ring (bicyclic) bond motifs is 5. The number of benzene rings is 2. The molecule has 0 aliphatic heterocycles. The predicted molar refractivity (Wildman–Crippen MR) is 82.7 cm³/mol. The number of methoxy groups -OCH3 is 1. The Bertz CT molecular complexity index is 959. The molecule has 20 heavy (non-hydrogen) atoms. The number of rotatable bonds is 1. The smallest absolute Gasteiger partial charge is 0.137 e. The molecule has 0 aliphatic rings. The fourth-order valence-electron chi connectivity index (χ4n) is 2.63. The first kappa shape index (κ1) is 11.6. The van der Waals surface area contributed by atoms with E-state index in [0.717, 1.165) is 38.5 Å². The molecule has 2 heterocycles. The zero-order valence-corrected chi connectivity index (χ0v) is 11.5. The Morgan fingerprint density at radius 3 is 2.65 bits per heavy atom. The van der Waals surface area contributed by atoms with E-state index >= 15 is 0 Å². The van der Waals surface area contributed by atoms with E-state index in [9.17, 15) is 0 Å². The van der Waals surface area contributed by atoms with Crippen molar-refractivity contribution in [2.24, 2.45) is 0 Å². The van der Waals surface area contributed by atoms with E-state index in [1.54, 1.807) is 7.11 Å². The van der Waals surface area contributed by atoms with Crippen LogP contribution in [0.1, 0.15) is 0 Å². The van der Waals surface area contributed by atoms with Crippen molar-refractivity contribution in [2.75, 3.05) is 7.11 Å². The molecule has 98 valence electrons. The van der Waals surface area contributed by atoms with Gasteiger partial charge in [-0.3, -0.25) is 0 Å². The minimum absolute atomic E-state index is 0.525. The number of hydrogen-bond donors (Lipinski definition) is 1. The summed E-state index contributed by atoms with van der Waals surface area (Å²) in [5.41, 5.74) is 2.91. The maximum atomic E-state index is 6.31. The number of pyridine rings is 1. The van der Waals surface area contributed by atoms with Gasteiger partial charge in [0.25, 0.3) is 0 Å². The molecule has 0 bridgehead atoms. The Labute approximate surface area is 120 Å². The number of halogens is 1. The average Bonchev–Trinajstić information content (AvgIpc) is 2.85. The van der Waals surface area contributed by atoms with Gasteiger partial charge in [0, 0.05) is 21.7 Å². The molecule has 0 unspecified atom stereocenters. The molecule has 0 radical (unpaired) electrons. The number of H-pyrrole nitrogens is 1. The fraction of sp³-hybridized carbons (Fsp3) is 0.0625. The van der Waals surface area contributed by atoms with Crippen LogP contribution >= 0.6 is 11.6 Å². The van der Waals surface area contributed by atoms with E-state index in [1.165, 1.54) is 0 Å². The van der Waals surface area contributed by atoms with Crippen LogP contribution in [-0.4, -0.2) is 17.1 Å². The monoisotopic (exact) mass is 282 g/mol. The van der Waals surface area contributed by atoms with Crippen molar-refractivity contribution in [3.05, 3.63) is 47.6 Å². The SMILES string of the molecule is COc1ccc2[nH]c3c4ccccc4c(Cl)nc3c2c1. The van der Waals surface area contributed by atoms with Crippen LogP contribution in [0.3, 0.4) is 0 Å². The minimum Gasteiger partial charge on any atom is -0.497 e. The standard InChI is InChI=1S/C16H11ClN2O/c1-20-9-6-7-13-12(8-9)15-14(18-13)10-4-2-3-5-11(10)16(17)19-15/h2-8,18H,1H3. The third-order valence-corrected chi connectivity index (χ3v) is 3.90. The summed E-state index contributed by atoms with van der Waals surface area (Å²) in [7, 11) is 1.66. The quantitative estimate of drug-likeness (QED) is 0.521. The zero-order valence-electron chi connectivity index (χ0n) is 10.8. The third kappa shape index (κ3) is 1.50. The maximum absolute atomic E-state index is 6.31. The third-order valence-electron chi connectivity index (χ3n) is 3.61. The van der Waals surface area contributed by atoms with Gasteiger partial charge in [-0.1, -0.05) is 35.9 Å². The Morgan fingerprint density at radius 2 is 1.85 bits per heavy atom. The lowest BCUT2D eigenvalue weighted by atomic mass is 10.1. The molecule has 0 spiro atoms. The lowest BCUT2D eigenvalue weighted by Gasteiger charge is -2.01. The van der Waals surface area contributed by atoms with Crippen LogP contribution in [0.4, 0.5) is 0 Å². The van der Waals surface area contributed by atoms with Crippen LogP contribution in [0, 0.1) is 0 Å². The van der Waals surface area contributed by atoms with Crippen LogP contribution < -0.4 is 4.74 Å². The molecule has 0 fully saturated rings. The zero-order chi connectivity index (χ0) is 13.7. The molecule has 4 rings (SSSR count). The lowest BCUT2D eigenvalue weighted by molar-refractivity contribution is 0.415. The summed E-state index contributed by atoms with van der Waals surface area (Å²) in [6.07, 6.45) is 0. The first-order valence-corrected chi connectivity index (χ1v) is 6.69. The van der Waals surface area contributed by atoms with Crippen LogP contribution in [0.5, 0.6) is 5.75 Å². The maximum Gasteiger partial charge on any atom is 0.137 e. The molecule has 0 saturated carbocycles. The lowest BCUT2D eigenvalue weighted by Crippen LogP contribution is -1.83. The van der Waals surface area contributed by atoms with E-state index < -0.39 is 0 Å². The summed E-state index contributed by atoms with van der Waals surface area (Å²) in [4.78, 5) is 7.97. The largest absolute Gasteiger partial charge is 0.497 e. The van der Waals surface area contributed by atoms with Crippen molar-refractivity contribution in [3.8, 4) is 5.75 Å². The highest BCUT2D eigenvalue weighted by atomic mass is 35.5. The van der Waals surface area contributed by atoms with Crippen molar-refractivity contribution >= 4 is 44.3 Å². The Morgan fingerprint density at radius 1 is 1.05 bits per heavy atom. The Hall–Kier alpha value is -2.26. The summed E-state index contributed by atoms with van der Waals surface area (Å²) in [6, 6.07) is 13.9. The van der Waals surface area contributed by atoms with Crippen LogP contribution in [0.25, 0.3) is 32.7 Å². The number of hydrogen-bond acceptors (Lipinski definition) is 2. The summed E-state index contributed by atoms with van der Waals surface area (Å²) in [5, 5.41) is 3.58. The molecular formula is C16H11ClN2O. The number of aromatic nitrogens is 2. The van der Waals surface area contributed by atoms with Crippen molar-refractivity contribution in [3.63, 3.8) is 0 Å². The van der Waals surface area contributed by atoms with Gasteiger partial charge in [0.05, 0.1) is 18.1 Å². The topological polar surface area (TPSA) is 37.9 Å². The van der Waals surface area contributed by atoms with Gasteiger partial charge in [0.1, 0.15) is 10.9 Å². The first-order valence-electron chi connectivity index (χ1n) is 6.31. The number of aromatic amines is 1. The van der Waals surface area contributed by atoms with Crippen molar-refractivity contribution in [1.82, 2.24) is 9.97 Å². The average molecular weight is 283 g/mol. The highest BCUT2D eigenvalue weighted by Gasteiger charge is 2.12. The second-order valence-electron chi connectivity index (χ2n) is 4.71. The van der Waals surface area contributed by atoms with Crippen molar-refractivity contribution in [1.29, 1.82) is 0 Å². The summed E-state index contributed by atoms with van der Waals surface area (Å²) >= 11 is 6.31. The van der Waals surface area contributed by atoms with E-state index in [4.69, 9.17) is 16.3 Å². The van der Waals surface area contributed by atoms with Gasteiger partial charge in [-0.15, -0.1) is 0 Å². The summed E-state index contributed by atoms with van der Waals surface area (Å²) < 4.78 is 5.28. The number of nitrogens with zero attached hydrogens (tertiary/aromatic N) is 1. The van der Waals surface area contributed by atoms with E-state index in [1.807, 2.05) is 36.4 Å². The van der Waals surface area contributed by atoms with Gasteiger partial charge >= 0.3 is 0 Å². The van der Waals surface area contributed by atoms with Crippen LogP contribution in [0.2, 0.25) is 5.15 Å². The molecule has 4 aromatic rings. The van der Waals surface area contributed by atoms with Crippen molar-refractivity contribution in [2.45, 2.75) is 0 Å². The highest BCUT2D eigenvalue weighted by molar-refractivity contribution is 6.36. The minimum atomic E-state index is 0.525. The molecule has 3 nitrogen and oxygen atoms in total. The van der Waals surface area contributed by atoms with Crippen LogP contribution in [-0.2, 0) is 0 Å². The number of ether oxygens (including phenoxy) is 1. The Kier molecular flexibility index (Phi) is 2.38. The van der Waals surface area contributed by atoms with Gasteiger partial charge in [0.15, 0.2) is 0 Å². The van der Waals surface area contributed by atoms with Gasteiger partial charge < -0.3 is 9.72 Å². The summed E-state index contributed by atoms with van der Waals surface area (Å²) in [6.45, 7) is 0. The second-order valence-corrected chi connectivity index (χ2v) is 5.07. The Balaban J connectivity index is 2.25.